The Morgan fingerprint density at radius 2 is 0.817 bits per heavy atom. The van der Waals surface area contributed by atoms with Crippen molar-refractivity contribution in [3.8, 4) is 0 Å². The highest BCUT2D eigenvalue weighted by molar-refractivity contribution is 5.90. The summed E-state index contributed by atoms with van der Waals surface area (Å²) in [4.78, 5) is 185. The zero-order valence-corrected chi connectivity index (χ0v) is 45.1. The average Bonchev–Trinajstić information content (AvgIpc) is 3.58. The summed E-state index contributed by atoms with van der Waals surface area (Å²) in [5.74, 6) is -15.3. The molecule has 1 saturated heterocycles. The van der Waals surface area contributed by atoms with Crippen LogP contribution in [0.4, 0.5) is 9.59 Å². The first-order valence-electron chi connectivity index (χ1n) is 25.8. The van der Waals surface area contributed by atoms with Gasteiger partial charge in [0.15, 0.2) is 0 Å². The van der Waals surface area contributed by atoms with E-state index in [0.29, 0.717) is 6.42 Å². The third-order valence-electron chi connectivity index (χ3n) is 12.6. The molecule has 35 heteroatoms. The first-order chi connectivity index (χ1) is 38.4. The van der Waals surface area contributed by atoms with Crippen LogP contribution in [0, 0.1) is 0 Å². The van der Waals surface area contributed by atoms with Gasteiger partial charge in [-0.25, -0.2) is 28.8 Å². The molecule has 82 heavy (non-hydrogen) atoms. The highest BCUT2D eigenvalue weighted by atomic mass is 16.4. The number of hydrogen-bond donors (Lipinski definition) is 17. The highest BCUT2D eigenvalue weighted by Gasteiger charge is 2.41. The summed E-state index contributed by atoms with van der Waals surface area (Å²) >= 11 is 0. The second-order valence-electron chi connectivity index (χ2n) is 19.2. The number of carbonyl (C=O) groups excluding carboxylic acids is 6. The van der Waals surface area contributed by atoms with E-state index in [1.54, 1.807) is 16.8 Å². The second kappa shape index (κ2) is 37.5. The lowest BCUT2D eigenvalue weighted by Crippen LogP contribution is -2.59. The summed E-state index contributed by atoms with van der Waals surface area (Å²) in [5, 5.41) is 102. The van der Waals surface area contributed by atoms with Crippen molar-refractivity contribution < 1.29 is 118 Å². The smallest absolute Gasteiger partial charge is 0.326 e. The maximum absolute atomic E-state index is 13.5. The average molecular weight is 1180 g/mol. The van der Waals surface area contributed by atoms with Gasteiger partial charge in [-0.3, -0.25) is 57.9 Å². The number of hydrogen-bond acceptors (Lipinski definition) is 18. The fourth-order valence-electron chi connectivity index (χ4n) is 8.43. The molecule has 5 atom stereocenters. The number of aliphatic carboxylic acids is 9. The number of carboxylic acids is 9. The summed E-state index contributed by atoms with van der Waals surface area (Å²) in [5.41, 5.74) is -1.02. The second-order valence-corrected chi connectivity index (χ2v) is 19.2. The lowest BCUT2D eigenvalue weighted by Gasteiger charge is -2.44. The Hall–Kier alpha value is -8.47. The Morgan fingerprint density at radius 3 is 1.23 bits per heavy atom. The minimum atomic E-state index is -1.78. The van der Waals surface area contributed by atoms with E-state index in [1.165, 1.54) is 4.90 Å². The molecule has 1 rings (SSSR count). The fraction of sp³-hybridized carbons (Fsp3) is 0.681. The molecule has 0 bridgehead atoms. The zero-order valence-electron chi connectivity index (χ0n) is 45.1. The monoisotopic (exact) mass is 1180 g/mol. The number of carboxylic acid groups (broad SMARTS) is 9. The van der Waals surface area contributed by atoms with Crippen molar-refractivity contribution in [1.82, 2.24) is 57.2 Å². The number of unbranched alkanes of at least 4 members (excludes halogenated alkanes) is 2. The van der Waals surface area contributed by atoms with Gasteiger partial charge in [-0.15, -0.1) is 0 Å². The standard InChI is InChI=1S/C47H75N11O24/c1-56(22-37(66)67)47(25-57(23-38(68)69)20-21-58(26-47)24-39(70)71)16-4-2-7-32(59)49-18-19-50-40(72)27(51-34(61)13-9-29(42(75)76)53-46(82)55-31(44(79)80)11-15-36(64)65)6-3-5-17-48-33(60)12-8-28(41(73)74)52-45(81)54-30(43(77)78)10-14-35(62)63/h27-31H,2-26H2,1H3,(H,48,60)(H,49,59)(H,50,72)(H,51,61)(H,62,63)(H,64,65)(H,66,67)(H,68,69)(H,70,71)(H,73,74)(H,75,76)(H,77,78)(H,79,80)(H2,52,54,81)(H2,53,55,82)/t27-,28?,29?,30?,31?/m0/s1. The van der Waals surface area contributed by atoms with Gasteiger partial charge in [0.1, 0.15) is 30.2 Å². The van der Waals surface area contributed by atoms with E-state index < -0.39 is 183 Å². The van der Waals surface area contributed by atoms with Gasteiger partial charge < -0.3 is 88.5 Å². The van der Waals surface area contributed by atoms with E-state index in [9.17, 15) is 108 Å². The van der Waals surface area contributed by atoms with Crippen LogP contribution in [0.2, 0.25) is 0 Å². The largest absolute Gasteiger partial charge is 0.481 e. The summed E-state index contributed by atoms with van der Waals surface area (Å²) in [6.45, 7) is -0.958. The van der Waals surface area contributed by atoms with Crippen LogP contribution in [-0.4, -0.2) is 258 Å². The quantitative estimate of drug-likeness (QED) is 0.0258. The molecule has 1 aliphatic rings. The van der Waals surface area contributed by atoms with E-state index in [1.807, 2.05) is 21.3 Å². The minimum absolute atomic E-state index is 0.0426. The lowest BCUT2D eigenvalue weighted by atomic mass is 9.88. The van der Waals surface area contributed by atoms with Crippen LogP contribution in [0.1, 0.15) is 96.3 Å². The molecule has 0 aromatic rings. The maximum atomic E-state index is 13.5. The predicted octanol–water partition coefficient (Wildman–Crippen LogP) is -4.21. The van der Waals surface area contributed by atoms with Gasteiger partial charge in [-0.05, 0) is 64.8 Å². The molecular formula is C47H75N11O24. The molecule has 0 aromatic carbocycles. The number of carbonyl (C=O) groups is 15. The molecule has 0 aliphatic carbocycles. The minimum Gasteiger partial charge on any atom is -0.481 e. The number of nitrogens with zero attached hydrogens (tertiary/aromatic N) is 3. The first-order valence-corrected chi connectivity index (χ1v) is 25.8. The molecule has 1 heterocycles. The molecule has 0 saturated carbocycles. The Kier molecular flexibility index (Phi) is 32.7. The van der Waals surface area contributed by atoms with Gasteiger partial charge in [0.25, 0.3) is 0 Å². The van der Waals surface area contributed by atoms with Gasteiger partial charge in [0, 0.05) is 83.5 Å². The Labute approximate surface area is 468 Å². The SMILES string of the molecule is CN(CC(=O)O)C1(CCCCC(=O)NCCNC(=O)[C@H](CCCCNC(=O)CCC(NC(=O)NC(CCC(=O)O)C(=O)O)C(=O)O)NC(=O)CCC(NC(=O)NC(CCC(=O)O)C(=O)O)C(=O)O)CN(CC(=O)O)CCN(CC(=O)O)C1. The normalized spacial score (nSPS) is 15.0. The molecule has 1 fully saturated rings. The van der Waals surface area contributed by atoms with Crippen molar-refractivity contribution >= 4 is 89.4 Å². The topological polar surface area (TPSA) is 544 Å². The van der Waals surface area contributed by atoms with Crippen LogP contribution in [0.3, 0.4) is 0 Å². The molecule has 0 spiro atoms. The maximum Gasteiger partial charge on any atom is 0.326 e. The van der Waals surface area contributed by atoms with Crippen LogP contribution in [-0.2, 0) is 62.3 Å². The first kappa shape index (κ1) is 71.5. The van der Waals surface area contributed by atoms with Crippen molar-refractivity contribution in [2.75, 3.05) is 72.5 Å². The molecule has 0 aromatic heterocycles. The third-order valence-corrected chi connectivity index (χ3v) is 12.6. The molecule has 35 nitrogen and oxygen atoms in total. The van der Waals surface area contributed by atoms with Crippen LogP contribution < -0.4 is 42.5 Å². The van der Waals surface area contributed by atoms with Crippen LogP contribution in [0.5, 0.6) is 0 Å². The number of rotatable bonds is 42. The molecule has 1 aliphatic heterocycles. The van der Waals surface area contributed by atoms with Gasteiger partial charge in [-0.2, -0.15) is 0 Å². The highest BCUT2D eigenvalue weighted by Crippen LogP contribution is 2.27. The summed E-state index contributed by atoms with van der Waals surface area (Å²) in [7, 11) is 1.54. The molecular weight excluding hydrogens is 1100 g/mol. The molecule has 8 amide bonds. The van der Waals surface area contributed by atoms with Gasteiger partial charge >= 0.3 is 65.8 Å². The summed E-state index contributed by atoms with van der Waals surface area (Å²) in [6, 6.07) is -10.7. The van der Waals surface area contributed by atoms with E-state index in [4.69, 9.17) is 10.2 Å². The number of amides is 8. The van der Waals surface area contributed by atoms with Crippen molar-refractivity contribution in [3.05, 3.63) is 0 Å². The van der Waals surface area contributed by atoms with E-state index in [2.05, 4.69) is 21.3 Å². The van der Waals surface area contributed by atoms with Crippen LogP contribution >= 0.6 is 0 Å². The molecule has 17 N–H and O–H groups in total. The summed E-state index contributed by atoms with van der Waals surface area (Å²) < 4.78 is 0. The zero-order chi connectivity index (χ0) is 62.1. The molecule has 0 radical (unpaired) electrons. The van der Waals surface area contributed by atoms with Gasteiger partial charge in [0.05, 0.1) is 19.6 Å². The lowest BCUT2D eigenvalue weighted by molar-refractivity contribution is -0.142. The van der Waals surface area contributed by atoms with E-state index in [0.717, 1.165) is 0 Å². The van der Waals surface area contributed by atoms with Crippen LogP contribution in [0.15, 0.2) is 0 Å². The Morgan fingerprint density at radius 1 is 0.415 bits per heavy atom. The van der Waals surface area contributed by atoms with Crippen LogP contribution in [0.25, 0.3) is 0 Å². The van der Waals surface area contributed by atoms with Gasteiger partial charge in [0.2, 0.25) is 23.6 Å². The van der Waals surface area contributed by atoms with E-state index in [-0.39, 0.29) is 97.4 Å². The Balaban J connectivity index is 3.01. The summed E-state index contributed by atoms with van der Waals surface area (Å²) in [6.07, 6.45) is -3.45. The molecule has 4 unspecified atom stereocenters. The van der Waals surface area contributed by atoms with Crippen molar-refractivity contribution in [2.45, 2.75) is 132 Å². The molecule has 462 valence electrons. The van der Waals surface area contributed by atoms with Gasteiger partial charge in [-0.1, -0.05) is 6.42 Å². The fourth-order valence-corrected chi connectivity index (χ4v) is 8.43. The number of nitrogens with one attached hydrogen (secondary N) is 8. The van der Waals surface area contributed by atoms with Crippen molar-refractivity contribution in [3.63, 3.8) is 0 Å². The Bertz CT molecular complexity index is 2240. The number of likely N-dealkylation sites (N-methyl/N-ethyl adjacent to an activating group) is 1. The van der Waals surface area contributed by atoms with Crippen molar-refractivity contribution in [1.29, 1.82) is 0 Å². The third kappa shape index (κ3) is 30.8. The van der Waals surface area contributed by atoms with E-state index >= 15 is 0 Å². The number of urea groups is 2. The predicted molar refractivity (Wildman–Crippen MR) is 276 cm³/mol. The van der Waals surface area contributed by atoms with Crippen molar-refractivity contribution in [2.24, 2.45) is 0 Å².